The molecule has 1 aliphatic heterocycles. The maximum absolute atomic E-state index is 14.0. The summed E-state index contributed by atoms with van der Waals surface area (Å²) in [6.07, 6.45) is -2.00. The fourth-order valence-electron chi connectivity index (χ4n) is 2.33. The van der Waals surface area contributed by atoms with Crippen LogP contribution in [0, 0.1) is 5.82 Å². The van der Waals surface area contributed by atoms with Gasteiger partial charge in [-0.1, -0.05) is 30.3 Å². The van der Waals surface area contributed by atoms with Gasteiger partial charge in [-0.05, 0) is 18.2 Å². The summed E-state index contributed by atoms with van der Waals surface area (Å²) in [5, 5.41) is 0. The molecule has 0 bridgehead atoms. The zero-order valence-electron chi connectivity index (χ0n) is 11.3. The number of carbonyl (C=O) groups excluding carboxylic acids is 1. The molecule has 1 amide bonds. The number of amides is 1. The van der Waals surface area contributed by atoms with Crippen LogP contribution in [0.25, 0.3) is 0 Å². The molecule has 0 radical (unpaired) electrons. The first-order chi connectivity index (χ1) is 10.1. The van der Waals surface area contributed by atoms with Crippen LogP contribution < -0.4 is 4.90 Å². The minimum absolute atomic E-state index is 0.273. The molecule has 106 valence electrons. The first kappa shape index (κ1) is 13.4. The van der Waals surface area contributed by atoms with E-state index in [1.807, 2.05) is 6.07 Å². The number of rotatable bonds is 1. The predicted molar refractivity (Wildman–Crippen MR) is 76.8 cm³/mol. The highest BCUT2D eigenvalue weighted by Gasteiger charge is 2.29. The predicted octanol–water partition coefficient (Wildman–Crippen LogP) is 2.94. The van der Waals surface area contributed by atoms with Gasteiger partial charge in [-0.2, -0.15) is 0 Å². The third-order valence-electron chi connectivity index (χ3n) is 3.40. The Hall–Kier alpha value is -2.56. The monoisotopic (exact) mass is 286 g/mol. The average molecular weight is 286 g/mol. The molecule has 3 rings (SSSR count). The summed E-state index contributed by atoms with van der Waals surface area (Å²) in [6.45, 7) is 0. The molecule has 2 aromatic carbocycles. The lowest BCUT2D eigenvalue weighted by molar-refractivity contribution is -0.122. The molecule has 0 N–H and O–H groups in total. The van der Waals surface area contributed by atoms with Crippen LogP contribution in [0.4, 0.5) is 14.5 Å². The second-order valence-corrected chi connectivity index (χ2v) is 4.74. The number of benzene rings is 2. The molecule has 0 spiro atoms. The zero-order valence-corrected chi connectivity index (χ0v) is 11.3. The second-order valence-electron chi connectivity index (χ2n) is 4.74. The fourth-order valence-corrected chi connectivity index (χ4v) is 2.33. The number of hydrogen-bond donors (Lipinski definition) is 0. The molecular formula is C16H12F2N2O. The Labute approximate surface area is 120 Å². The minimum Gasteiger partial charge on any atom is -0.311 e. The first-order valence-corrected chi connectivity index (χ1v) is 6.42. The molecule has 1 atom stereocenters. The van der Waals surface area contributed by atoms with E-state index in [1.54, 1.807) is 24.3 Å². The summed E-state index contributed by atoms with van der Waals surface area (Å²) < 4.78 is 27.6. The van der Waals surface area contributed by atoms with Crippen molar-refractivity contribution in [2.24, 2.45) is 4.99 Å². The number of likely N-dealkylation sites (N-methyl/N-ethyl adjacent to an activating group) is 1. The zero-order chi connectivity index (χ0) is 15.0. The number of alkyl halides is 1. The summed E-state index contributed by atoms with van der Waals surface area (Å²) in [4.78, 5) is 16.9. The van der Waals surface area contributed by atoms with Crippen LogP contribution in [0.5, 0.6) is 0 Å². The van der Waals surface area contributed by atoms with Gasteiger partial charge in [0.1, 0.15) is 5.82 Å². The van der Waals surface area contributed by atoms with E-state index in [-0.39, 0.29) is 5.71 Å². The Bertz CT molecular complexity index is 728. The number of halogens is 2. The van der Waals surface area contributed by atoms with Crippen LogP contribution >= 0.6 is 0 Å². The Balaban J connectivity index is 2.27. The van der Waals surface area contributed by atoms with E-state index in [4.69, 9.17) is 0 Å². The Kier molecular flexibility index (Phi) is 3.25. The van der Waals surface area contributed by atoms with Gasteiger partial charge < -0.3 is 4.90 Å². The smallest absolute Gasteiger partial charge is 0.284 e. The van der Waals surface area contributed by atoms with E-state index in [0.717, 1.165) is 0 Å². The standard InChI is InChI=1S/C16H12F2N2O/c1-20-13-8-7-11(17)9-12(13)14(19-15(18)16(20)21)10-5-3-2-4-6-10/h2-9,15H,1H3. The van der Waals surface area contributed by atoms with E-state index in [2.05, 4.69) is 4.99 Å². The van der Waals surface area contributed by atoms with Crippen molar-refractivity contribution in [1.82, 2.24) is 0 Å². The van der Waals surface area contributed by atoms with Crippen LogP contribution in [0.2, 0.25) is 0 Å². The maximum Gasteiger partial charge on any atom is 0.284 e. The normalized spacial score (nSPS) is 18.0. The van der Waals surface area contributed by atoms with Crippen molar-refractivity contribution in [3.05, 3.63) is 65.5 Å². The van der Waals surface area contributed by atoms with E-state index < -0.39 is 18.0 Å². The molecule has 1 unspecified atom stereocenters. The van der Waals surface area contributed by atoms with Crippen molar-refractivity contribution >= 4 is 17.3 Å². The molecular weight excluding hydrogens is 274 g/mol. The number of anilines is 1. The summed E-state index contributed by atoms with van der Waals surface area (Å²) in [7, 11) is 1.45. The molecule has 0 aromatic heterocycles. The van der Waals surface area contributed by atoms with Gasteiger partial charge in [0.05, 0.1) is 11.4 Å². The second kappa shape index (κ2) is 5.09. The SMILES string of the molecule is CN1C(=O)C(F)N=C(c2ccccc2)c2cc(F)ccc21. The Morgan fingerprint density at radius 2 is 1.86 bits per heavy atom. The van der Waals surface area contributed by atoms with Gasteiger partial charge >= 0.3 is 0 Å². The molecule has 3 nitrogen and oxygen atoms in total. The summed E-state index contributed by atoms with van der Waals surface area (Å²) in [6, 6.07) is 12.8. The highest BCUT2D eigenvalue weighted by atomic mass is 19.1. The molecule has 5 heteroatoms. The topological polar surface area (TPSA) is 32.7 Å². The van der Waals surface area contributed by atoms with E-state index >= 15 is 0 Å². The molecule has 2 aromatic rings. The minimum atomic E-state index is -2.00. The van der Waals surface area contributed by atoms with E-state index in [9.17, 15) is 13.6 Å². The van der Waals surface area contributed by atoms with Crippen molar-refractivity contribution in [1.29, 1.82) is 0 Å². The van der Waals surface area contributed by atoms with Gasteiger partial charge in [-0.15, -0.1) is 0 Å². The van der Waals surface area contributed by atoms with Gasteiger partial charge in [0, 0.05) is 18.2 Å². The van der Waals surface area contributed by atoms with Crippen LogP contribution in [-0.2, 0) is 4.79 Å². The van der Waals surface area contributed by atoms with Crippen molar-refractivity contribution in [3.63, 3.8) is 0 Å². The summed E-state index contributed by atoms with van der Waals surface area (Å²) >= 11 is 0. The molecule has 0 saturated heterocycles. The first-order valence-electron chi connectivity index (χ1n) is 6.42. The summed E-state index contributed by atoms with van der Waals surface area (Å²) in [5.74, 6) is -1.23. The van der Waals surface area contributed by atoms with Crippen molar-refractivity contribution in [2.45, 2.75) is 6.30 Å². The highest BCUT2D eigenvalue weighted by molar-refractivity contribution is 6.19. The number of nitrogens with zero attached hydrogens (tertiary/aromatic N) is 2. The van der Waals surface area contributed by atoms with Crippen LogP contribution in [0.3, 0.4) is 0 Å². The van der Waals surface area contributed by atoms with Crippen LogP contribution in [0.15, 0.2) is 53.5 Å². The van der Waals surface area contributed by atoms with Gasteiger partial charge in [-0.3, -0.25) is 4.79 Å². The largest absolute Gasteiger partial charge is 0.311 e. The third kappa shape index (κ3) is 2.31. The molecule has 0 fully saturated rings. The third-order valence-corrected chi connectivity index (χ3v) is 3.40. The number of carbonyl (C=O) groups is 1. The summed E-state index contributed by atoms with van der Waals surface area (Å²) in [5.41, 5.74) is 1.74. The fraction of sp³-hybridized carbons (Fsp3) is 0.125. The van der Waals surface area contributed by atoms with E-state index in [1.165, 1.54) is 30.1 Å². The molecule has 0 aliphatic carbocycles. The van der Waals surface area contributed by atoms with Crippen LogP contribution in [-0.4, -0.2) is 25.0 Å². The number of aliphatic imine (C=N–C) groups is 1. The number of benzodiazepines with no additional fused rings is 1. The van der Waals surface area contributed by atoms with Gasteiger partial charge in [0.15, 0.2) is 0 Å². The van der Waals surface area contributed by atoms with Crippen LogP contribution in [0.1, 0.15) is 11.1 Å². The Morgan fingerprint density at radius 1 is 1.14 bits per heavy atom. The lowest BCUT2D eigenvalue weighted by atomic mass is 10.0. The van der Waals surface area contributed by atoms with Crippen molar-refractivity contribution < 1.29 is 13.6 Å². The Morgan fingerprint density at radius 3 is 2.57 bits per heavy atom. The van der Waals surface area contributed by atoms with Crippen molar-refractivity contribution in [3.8, 4) is 0 Å². The number of hydrogen-bond acceptors (Lipinski definition) is 2. The molecule has 21 heavy (non-hydrogen) atoms. The molecule has 0 saturated carbocycles. The highest BCUT2D eigenvalue weighted by Crippen LogP contribution is 2.28. The molecule has 1 heterocycles. The van der Waals surface area contributed by atoms with Gasteiger partial charge in [0.2, 0.25) is 0 Å². The number of fused-ring (bicyclic) bond motifs is 1. The van der Waals surface area contributed by atoms with Crippen molar-refractivity contribution in [2.75, 3.05) is 11.9 Å². The van der Waals surface area contributed by atoms with E-state index in [0.29, 0.717) is 16.8 Å². The molecule has 1 aliphatic rings. The van der Waals surface area contributed by atoms with Gasteiger partial charge in [-0.25, -0.2) is 13.8 Å². The average Bonchev–Trinajstić information content (AvgIpc) is 2.59. The maximum atomic E-state index is 14.0. The lowest BCUT2D eigenvalue weighted by Crippen LogP contribution is -2.32. The quantitative estimate of drug-likeness (QED) is 0.742. The lowest BCUT2D eigenvalue weighted by Gasteiger charge is -2.18. The van der Waals surface area contributed by atoms with Gasteiger partial charge in [0.25, 0.3) is 12.2 Å².